The van der Waals surface area contributed by atoms with Crippen LogP contribution in [0.25, 0.3) is 27.4 Å². The van der Waals surface area contributed by atoms with Crippen molar-refractivity contribution in [3.05, 3.63) is 120 Å². The number of hydrogen-bond donors (Lipinski definition) is 0. The van der Waals surface area contributed by atoms with Crippen LogP contribution in [0.4, 0.5) is 0 Å². The molecule has 3 heterocycles. The maximum absolute atomic E-state index is 13.6. The highest BCUT2D eigenvalue weighted by atomic mass is 35.5. The molecule has 0 N–H and O–H groups in total. The van der Waals surface area contributed by atoms with Crippen molar-refractivity contribution in [3.63, 3.8) is 0 Å². The molecule has 3 aromatic carbocycles. The standard InChI is InChI=1S/C24H13ClN2O4/c25-14-11-9-13(10-12-14)20-19-21(17-7-3-4-8-18(17)31-24(19)30)27-23(29)16-6-2-1-5-15(16)22(28)26(20)27/h1-12,20H. The zero-order valence-electron chi connectivity index (χ0n) is 15.9. The van der Waals surface area contributed by atoms with E-state index in [0.29, 0.717) is 38.0 Å². The van der Waals surface area contributed by atoms with Gasteiger partial charge in [-0.25, -0.2) is 14.2 Å². The van der Waals surface area contributed by atoms with Crippen molar-refractivity contribution in [3.8, 4) is 5.69 Å². The highest BCUT2D eigenvalue weighted by Crippen LogP contribution is 2.37. The largest absolute Gasteiger partial charge is 0.422 e. The van der Waals surface area contributed by atoms with Crippen LogP contribution in [-0.2, 0) is 0 Å². The second-order valence-electron chi connectivity index (χ2n) is 7.41. The average Bonchev–Trinajstić information content (AvgIpc) is 3.16. The molecular formula is C24H13ClN2O4. The zero-order chi connectivity index (χ0) is 21.3. The van der Waals surface area contributed by atoms with Crippen molar-refractivity contribution in [1.82, 2.24) is 9.36 Å². The number of aromatic nitrogens is 2. The number of benzene rings is 3. The Kier molecular flexibility index (Phi) is 3.64. The third kappa shape index (κ3) is 2.36. The van der Waals surface area contributed by atoms with E-state index in [2.05, 4.69) is 0 Å². The summed E-state index contributed by atoms with van der Waals surface area (Å²) in [4.78, 5) is 40.3. The molecule has 1 aliphatic rings. The van der Waals surface area contributed by atoms with Gasteiger partial charge >= 0.3 is 5.63 Å². The van der Waals surface area contributed by atoms with Crippen LogP contribution >= 0.6 is 11.6 Å². The summed E-state index contributed by atoms with van der Waals surface area (Å²) >= 11 is 6.06. The van der Waals surface area contributed by atoms with E-state index in [1.54, 1.807) is 72.8 Å². The summed E-state index contributed by atoms with van der Waals surface area (Å²) in [5.74, 6) is 0. The zero-order valence-corrected chi connectivity index (χ0v) is 16.7. The van der Waals surface area contributed by atoms with Crippen LogP contribution in [0.15, 0.2) is 91.6 Å². The lowest BCUT2D eigenvalue weighted by atomic mass is 9.99. The molecule has 150 valence electrons. The summed E-state index contributed by atoms with van der Waals surface area (Å²) < 4.78 is 8.24. The van der Waals surface area contributed by atoms with E-state index in [-0.39, 0.29) is 16.7 Å². The van der Waals surface area contributed by atoms with Gasteiger partial charge in [-0.05, 0) is 42.0 Å². The van der Waals surface area contributed by atoms with E-state index in [1.807, 2.05) is 0 Å². The third-order valence-corrected chi connectivity index (χ3v) is 5.99. The molecule has 7 heteroatoms. The minimum atomic E-state index is -0.821. The highest BCUT2D eigenvalue weighted by Gasteiger charge is 2.37. The Balaban J connectivity index is 1.88. The topological polar surface area (TPSA) is 74.2 Å². The lowest BCUT2D eigenvalue weighted by Crippen LogP contribution is -2.36. The second-order valence-corrected chi connectivity index (χ2v) is 7.85. The highest BCUT2D eigenvalue weighted by molar-refractivity contribution is 6.30. The van der Waals surface area contributed by atoms with Gasteiger partial charge in [-0.15, -0.1) is 0 Å². The van der Waals surface area contributed by atoms with Gasteiger partial charge in [0.1, 0.15) is 11.6 Å². The van der Waals surface area contributed by atoms with Crippen LogP contribution in [0.3, 0.4) is 0 Å². The fraction of sp³-hybridized carbons (Fsp3) is 0.0417. The maximum atomic E-state index is 13.6. The predicted octanol–water partition coefficient (Wildman–Crippen LogP) is 3.86. The van der Waals surface area contributed by atoms with Crippen LogP contribution in [0.1, 0.15) is 17.2 Å². The van der Waals surface area contributed by atoms with E-state index in [1.165, 1.54) is 9.36 Å². The quantitative estimate of drug-likeness (QED) is 0.373. The van der Waals surface area contributed by atoms with Gasteiger partial charge in [-0.3, -0.25) is 9.59 Å². The molecule has 0 aliphatic carbocycles. The van der Waals surface area contributed by atoms with Gasteiger partial charge in [-0.1, -0.05) is 48.0 Å². The van der Waals surface area contributed by atoms with Crippen molar-refractivity contribution in [2.24, 2.45) is 0 Å². The fourth-order valence-electron chi connectivity index (χ4n) is 4.42. The van der Waals surface area contributed by atoms with Crippen LogP contribution in [-0.4, -0.2) is 9.36 Å². The monoisotopic (exact) mass is 428 g/mol. The Labute approximate surface area is 179 Å². The van der Waals surface area contributed by atoms with Crippen LogP contribution in [0, 0.1) is 0 Å². The minimum Gasteiger partial charge on any atom is -0.422 e. The number of halogens is 1. The molecule has 1 aliphatic heterocycles. The second kappa shape index (κ2) is 6.30. The van der Waals surface area contributed by atoms with Gasteiger partial charge in [0.25, 0.3) is 11.1 Å². The van der Waals surface area contributed by atoms with E-state index in [4.69, 9.17) is 16.0 Å². The van der Waals surface area contributed by atoms with Gasteiger partial charge in [0.05, 0.1) is 22.0 Å². The lowest BCUT2D eigenvalue weighted by Gasteiger charge is -2.16. The molecule has 0 spiro atoms. The number of hydrogen-bond acceptors (Lipinski definition) is 4. The normalized spacial score (nSPS) is 14.7. The first-order valence-corrected chi connectivity index (χ1v) is 10.0. The van der Waals surface area contributed by atoms with Crippen LogP contribution in [0.2, 0.25) is 5.02 Å². The molecule has 0 saturated carbocycles. The summed E-state index contributed by atoms with van der Waals surface area (Å²) in [5.41, 5.74) is 0.291. The first-order chi connectivity index (χ1) is 15.1. The Bertz CT molecular complexity index is 1710. The summed E-state index contributed by atoms with van der Waals surface area (Å²) in [6, 6.07) is 19.7. The smallest absolute Gasteiger partial charge is 0.344 e. The van der Waals surface area contributed by atoms with Crippen molar-refractivity contribution in [2.45, 2.75) is 6.04 Å². The van der Waals surface area contributed by atoms with Crippen molar-refractivity contribution in [1.29, 1.82) is 0 Å². The molecule has 0 fully saturated rings. The summed E-state index contributed by atoms with van der Waals surface area (Å²) in [7, 11) is 0. The Morgan fingerprint density at radius 3 is 2.06 bits per heavy atom. The Morgan fingerprint density at radius 1 is 0.742 bits per heavy atom. The molecule has 0 saturated heterocycles. The average molecular weight is 429 g/mol. The number of fused-ring (bicyclic) bond motifs is 6. The molecule has 6 nitrogen and oxygen atoms in total. The molecule has 0 amide bonds. The summed E-state index contributed by atoms with van der Waals surface area (Å²) in [6.07, 6.45) is 0. The van der Waals surface area contributed by atoms with E-state index < -0.39 is 11.7 Å². The van der Waals surface area contributed by atoms with Crippen molar-refractivity contribution < 1.29 is 4.42 Å². The van der Waals surface area contributed by atoms with E-state index in [0.717, 1.165) is 0 Å². The molecule has 5 aromatic rings. The van der Waals surface area contributed by atoms with Crippen molar-refractivity contribution in [2.75, 3.05) is 0 Å². The van der Waals surface area contributed by atoms with Crippen LogP contribution < -0.4 is 16.7 Å². The van der Waals surface area contributed by atoms with Crippen LogP contribution in [0.5, 0.6) is 0 Å². The van der Waals surface area contributed by atoms with Gasteiger partial charge < -0.3 is 4.42 Å². The molecule has 0 radical (unpaired) electrons. The molecule has 0 bridgehead atoms. The molecule has 2 aromatic heterocycles. The van der Waals surface area contributed by atoms with Gasteiger partial charge in [0, 0.05) is 10.4 Å². The maximum Gasteiger partial charge on any atom is 0.344 e. The SMILES string of the molecule is O=c1oc2ccccc2c2c1C(c1ccc(Cl)cc1)n1c(=O)c3ccccc3c(=O)n1-2. The first-order valence-electron chi connectivity index (χ1n) is 9.64. The number of nitrogens with zero attached hydrogens (tertiary/aromatic N) is 2. The van der Waals surface area contributed by atoms with Crippen molar-refractivity contribution >= 4 is 33.3 Å². The fourth-order valence-corrected chi connectivity index (χ4v) is 4.54. The Morgan fingerprint density at radius 2 is 1.35 bits per heavy atom. The third-order valence-electron chi connectivity index (χ3n) is 5.74. The lowest BCUT2D eigenvalue weighted by molar-refractivity contribution is 0.518. The van der Waals surface area contributed by atoms with E-state index >= 15 is 0 Å². The van der Waals surface area contributed by atoms with Gasteiger partial charge in [-0.2, -0.15) is 0 Å². The minimum absolute atomic E-state index is 0.246. The number of rotatable bonds is 1. The molecule has 1 atom stereocenters. The molecule has 1 unspecified atom stereocenters. The summed E-state index contributed by atoms with van der Waals surface area (Å²) in [6.45, 7) is 0. The van der Waals surface area contributed by atoms with E-state index in [9.17, 15) is 14.4 Å². The van der Waals surface area contributed by atoms with Gasteiger partial charge in [0.15, 0.2) is 0 Å². The van der Waals surface area contributed by atoms with Gasteiger partial charge in [0.2, 0.25) is 0 Å². The predicted molar refractivity (Wildman–Crippen MR) is 119 cm³/mol. The molecule has 6 rings (SSSR count). The summed E-state index contributed by atoms with van der Waals surface area (Å²) in [5, 5.41) is 1.70. The molecular weight excluding hydrogens is 416 g/mol. The Hall–Kier alpha value is -3.90. The molecule has 31 heavy (non-hydrogen) atoms. The first kappa shape index (κ1) is 17.9. The number of para-hydroxylation sites is 1.